The maximum atomic E-state index is 13.3. The smallest absolute Gasteiger partial charge is 0.270 e. The minimum Gasteiger partial charge on any atom is -0.496 e. The van der Waals surface area contributed by atoms with Gasteiger partial charge in [0.05, 0.1) is 12.8 Å². The molecule has 2 aromatic rings. The predicted molar refractivity (Wildman–Crippen MR) is 124 cm³/mol. The van der Waals surface area contributed by atoms with E-state index in [1.54, 1.807) is 13.2 Å². The molecule has 0 aromatic heterocycles. The van der Waals surface area contributed by atoms with Crippen LogP contribution in [-0.4, -0.2) is 24.0 Å². The standard InChI is InChI=1S/C24H26N2O3S/c1-13(2)18-11-17(15(4)10-21(18)29-6)12-19-22(27)25-24(30)26(23(19)28)20-8-7-14(3)9-16(20)5/h7-13H,1-6H3,(H,25,27,30)/b19-12+. The van der Waals surface area contributed by atoms with Gasteiger partial charge in [0.2, 0.25) is 0 Å². The Balaban J connectivity index is 2.10. The van der Waals surface area contributed by atoms with Gasteiger partial charge < -0.3 is 4.74 Å². The molecule has 2 amide bonds. The van der Waals surface area contributed by atoms with Crippen molar-refractivity contribution in [2.75, 3.05) is 12.0 Å². The van der Waals surface area contributed by atoms with Crippen molar-refractivity contribution in [2.24, 2.45) is 0 Å². The average Bonchev–Trinajstić information content (AvgIpc) is 2.67. The highest BCUT2D eigenvalue weighted by molar-refractivity contribution is 7.80. The number of hydrogen-bond acceptors (Lipinski definition) is 4. The predicted octanol–water partition coefficient (Wildman–Crippen LogP) is 4.58. The van der Waals surface area contributed by atoms with E-state index in [1.807, 2.05) is 51.1 Å². The number of carbonyl (C=O) groups excluding carboxylic acids is 2. The van der Waals surface area contributed by atoms with Crippen LogP contribution in [0.2, 0.25) is 0 Å². The van der Waals surface area contributed by atoms with Crippen molar-refractivity contribution < 1.29 is 14.3 Å². The lowest BCUT2D eigenvalue weighted by Gasteiger charge is -2.30. The van der Waals surface area contributed by atoms with E-state index in [1.165, 1.54) is 4.90 Å². The van der Waals surface area contributed by atoms with Crippen LogP contribution in [0.3, 0.4) is 0 Å². The normalized spacial score (nSPS) is 15.8. The molecule has 0 aliphatic carbocycles. The molecule has 0 spiro atoms. The molecule has 1 heterocycles. The third-order valence-corrected chi connectivity index (χ3v) is 5.52. The van der Waals surface area contributed by atoms with Gasteiger partial charge in [0.25, 0.3) is 11.8 Å². The lowest BCUT2D eigenvalue weighted by Crippen LogP contribution is -2.54. The van der Waals surface area contributed by atoms with E-state index >= 15 is 0 Å². The molecule has 1 aliphatic rings. The van der Waals surface area contributed by atoms with Crippen LogP contribution >= 0.6 is 12.2 Å². The fraction of sp³-hybridized carbons (Fsp3) is 0.292. The minimum atomic E-state index is -0.493. The highest BCUT2D eigenvalue weighted by Crippen LogP contribution is 2.32. The SMILES string of the molecule is COc1cc(C)c(/C=C2\C(=O)NC(=S)N(c3ccc(C)cc3C)C2=O)cc1C(C)C. The van der Waals surface area contributed by atoms with Gasteiger partial charge in [-0.05, 0) is 85.4 Å². The largest absolute Gasteiger partial charge is 0.496 e. The number of carbonyl (C=O) groups is 2. The van der Waals surface area contributed by atoms with Gasteiger partial charge in [-0.3, -0.25) is 19.8 Å². The van der Waals surface area contributed by atoms with Crippen molar-refractivity contribution >= 4 is 40.9 Å². The molecule has 1 fully saturated rings. The Kier molecular flexibility index (Phi) is 6.08. The molecule has 30 heavy (non-hydrogen) atoms. The maximum absolute atomic E-state index is 13.3. The van der Waals surface area contributed by atoms with Gasteiger partial charge in [-0.1, -0.05) is 31.5 Å². The third-order valence-electron chi connectivity index (χ3n) is 5.24. The fourth-order valence-electron chi connectivity index (χ4n) is 3.59. The highest BCUT2D eigenvalue weighted by atomic mass is 32.1. The number of thiocarbonyl (C=S) groups is 1. The van der Waals surface area contributed by atoms with Gasteiger partial charge in [0.1, 0.15) is 11.3 Å². The number of amides is 2. The number of rotatable bonds is 4. The second-order valence-corrected chi connectivity index (χ2v) is 8.24. The van der Waals surface area contributed by atoms with Crippen molar-refractivity contribution in [1.82, 2.24) is 5.32 Å². The summed E-state index contributed by atoms with van der Waals surface area (Å²) in [6.45, 7) is 9.97. The molecule has 156 valence electrons. The monoisotopic (exact) mass is 422 g/mol. The summed E-state index contributed by atoms with van der Waals surface area (Å²) in [6, 6.07) is 9.65. The molecule has 1 aliphatic heterocycles. The van der Waals surface area contributed by atoms with Gasteiger partial charge in [-0.2, -0.15) is 0 Å². The Bertz CT molecular complexity index is 1090. The van der Waals surface area contributed by atoms with Gasteiger partial charge in [-0.15, -0.1) is 0 Å². The van der Waals surface area contributed by atoms with Crippen LogP contribution in [0, 0.1) is 20.8 Å². The molecule has 2 aromatic carbocycles. The molecule has 0 saturated carbocycles. The molecular weight excluding hydrogens is 396 g/mol. The summed E-state index contributed by atoms with van der Waals surface area (Å²) in [4.78, 5) is 27.4. The number of aryl methyl sites for hydroxylation is 3. The summed E-state index contributed by atoms with van der Waals surface area (Å²) in [5.74, 6) is 0.0966. The average molecular weight is 423 g/mol. The quantitative estimate of drug-likeness (QED) is 0.445. The summed E-state index contributed by atoms with van der Waals surface area (Å²) >= 11 is 5.32. The first-order valence-corrected chi connectivity index (χ1v) is 10.2. The number of hydrogen-bond donors (Lipinski definition) is 1. The Hall–Kier alpha value is -2.99. The first-order valence-electron chi connectivity index (χ1n) is 9.81. The van der Waals surface area contributed by atoms with E-state index in [9.17, 15) is 9.59 Å². The molecule has 1 saturated heterocycles. The summed E-state index contributed by atoms with van der Waals surface area (Å²) in [5.41, 5.74) is 5.43. The van der Waals surface area contributed by atoms with Crippen molar-refractivity contribution in [3.05, 3.63) is 63.7 Å². The van der Waals surface area contributed by atoms with Gasteiger partial charge >= 0.3 is 0 Å². The minimum absolute atomic E-state index is 0.0477. The Labute approximate surface area is 182 Å². The van der Waals surface area contributed by atoms with Crippen LogP contribution in [0.25, 0.3) is 6.08 Å². The van der Waals surface area contributed by atoms with Crippen molar-refractivity contribution in [2.45, 2.75) is 40.5 Å². The maximum Gasteiger partial charge on any atom is 0.270 e. The van der Waals surface area contributed by atoms with Gasteiger partial charge in [0.15, 0.2) is 5.11 Å². The molecule has 0 atom stereocenters. The molecule has 5 nitrogen and oxygen atoms in total. The van der Waals surface area contributed by atoms with Crippen LogP contribution in [0.15, 0.2) is 35.9 Å². The second kappa shape index (κ2) is 8.40. The first-order chi connectivity index (χ1) is 14.1. The molecular formula is C24H26N2O3S. The number of anilines is 1. The van der Waals surface area contributed by atoms with E-state index in [0.29, 0.717) is 5.69 Å². The second-order valence-electron chi connectivity index (χ2n) is 7.85. The molecule has 6 heteroatoms. The number of benzene rings is 2. The Morgan fingerprint density at radius 3 is 2.37 bits per heavy atom. The van der Waals surface area contributed by atoms with Crippen LogP contribution < -0.4 is 15.0 Å². The van der Waals surface area contributed by atoms with E-state index in [-0.39, 0.29) is 16.6 Å². The summed E-state index contributed by atoms with van der Waals surface area (Å²) < 4.78 is 5.49. The van der Waals surface area contributed by atoms with Crippen molar-refractivity contribution in [3.8, 4) is 5.75 Å². The topological polar surface area (TPSA) is 58.6 Å². The summed E-state index contributed by atoms with van der Waals surface area (Å²) in [6.07, 6.45) is 1.64. The lowest BCUT2D eigenvalue weighted by atomic mass is 9.95. The molecule has 0 radical (unpaired) electrons. The number of methoxy groups -OCH3 is 1. The van der Waals surface area contributed by atoms with E-state index in [2.05, 4.69) is 19.2 Å². The van der Waals surface area contributed by atoms with Crippen LogP contribution in [0.1, 0.15) is 47.6 Å². The van der Waals surface area contributed by atoms with Gasteiger partial charge in [-0.25, -0.2) is 0 Å². The molecule has 0 bridgehead atoms. The summed E-state index contributed by atoms with van der Waals surface area (Å²) in [7, 11) is 1.64. The third kappa shape index (κ3) is 4.00. The van der Waals surface area contributed by atoms with E-state index in [0.717, 1.165) is 33.6 Å². The number of nitrogens with zero attached hydrogens (tertiary/aromatic N) is 1. The Morgan fingerprint density at radius 1 is 1.07 bits per heavy atom. The molecule has 3 rings (SSSR count). The highest BCUT2D eigenvalue weighted by Gasteiger charge is 2.35. The number of nitrogens with one attached hydrogen (secondary N) is 1. The summed E-state index contributed by atoms with van der Waals surface area (Å²) in [5, 5.41) is 2.74. The zero-order chi connectivity index (χ0) is 22.2. The van der Waals surface area contributed by atoms with E-state index in [4.69, 9.17) is 17.0 Å². The fourth-order valence-corrected chi connectivity index (χ4v) is 3.86. The molecule has 0 unspecified atom stereocenters. The first kappa shape index (κ1) is 21.7. The lowest BCUT2D eigenvalue weighted by molar-refractivity contribution is -0.122. The van der Waals surface area contributed by atoms with Crippen LogP contribution in [-0.2, 0) is 9.59 Å². The zero-order valence-electron chi connectivity index (χ0n) is 18.1. The van der Waals surface area contributed by atoms with Crippen LogP contribution in [0.5, 0.6) is 5.75 Å². The van der Waals surface area contributed by atoms with E-state index < -0.39 is 11.8 Å². The van der Waals surface area contributed by atoms with Crippen LogP contribution in [0.4, 0.5) is 5.69 Å². The van der Waals surface area contributed by atoms with Crippen molar-refractivity contribution in [3.63, 3.8) is 0 Å². The molecule has 1 N–H and O–H groups in total. The zero-order valence-corrected chi connectivity index (χ0v) is 18.9. The Morgan fingerprint density at radius 2 is 1.77 bits per heavy atom. The van der Waals surface area contributed by atoms with Gasteiger partial charge in [0, 0.05) is 0 Å². The van der Waals surface area contributed by atoms with Crippen molar-refractivity contribution in [1.29, 1.82) is 0 Å². The number of ether oxygens (including phenoxy) is 1.